The minimum absolute atomic E-state index is 0.0345. The summed E-state index contributed by atoms with van der Waals surface area (Å²) >= 11 is 6.13. The third-order valence-electron chi connectivity index (χ3n) is 4.42. The van der Waals surface area contributed by atoms with Gasteiger partial charge in [0, 0.05) is 31.3 Å². The van der Waals surface area contributed by atoms with Crippen molar-refractivity contribution in [1.29, 1.82) is 0 Å². The normalized spacial score (nSPS) is 13.0. The molecule has 140 valence electrons. The minimum atomic E-state index is -0.769. The fraction of sp³-hybridized carbons (Fsp3) is 0.235. The average Bonchev–Trinajstić information content (AvgIpc) is 2.65. The van der Waals surface area contributed by atoms with Gasteiger partial charge in [0.1, 0.15) is 5.69 Å². The number of nitrogens with zero attached hydrogens (tertiary/aromatic N) is 3. The van der Waals surface area contributed by atoms with Crippen LogP contribution in [0, 0.1) is 20.2 Å². The van der Waals surface area contributed by atoms with Crippen molar-refractivity contribution in [2.75, 3.05) is 18.6 Å². The summed E-state index contributed by atoms with van der Waals surface area (Å²) < 4.78 is 4.60. The van der Waals surface area contributed by atoms with Crippen molar-refractivity contribution in [1.82, 2.24) is 0 Å². The van der Waals surface area contributed by atoms with Crippen molar-refractivity contribution in [3.05, 3.63) is 72.3 Å². The van der Waals surface area contributed by atoms with Gasteiger partial charge in [-0.05, 0) is 23.6 Å². The van der Waals surface area contributed by atoms with Gasteiger partial charge in [-0.3, -0.25) is 20.2 Å². The largest absolute Gasteiger partial charge is 0.465 e. The van der Waals surface area contributed by atoms with Crippen LogP contribution in [0.5, 0.6) is 0 Å². The van der Waals surface area contributed by atoms with Gasteiger partial charge in [-0.25, -0.2) is 4.79 Å². The molecule has 0 spiro atoms. The highest BCUT2D eigenvalue weighted by molar-refractivity contribution is 6.34. The van der Waals surface area contributed by atoms with Crippen molar-refractivity contribution in [2.24, 2.45) is 0 Å². The van der Waals surface area contributed by atoms with E-state index in [9.17, 15) is 25.0 Å². The standard InChI is InChI=1S/C17H14ClN3O6/c1-27-17(22)13-7-16(21(25)26)15(8-14(13)18)19-5-4-10-2-3-12(20(23)24)6-11(10)9-19/h2-3,6-8H,4-5,9H2,1H3. The molecule has 1 aliphatic heterocycles. The maximum atomic E-state index is 11.8. The molecule has 1 aliphatic rings. The number of anilines is 1. The average molecular weight is 392 g/mol. The van der Waals surface area contributed by atoms with Gasteiger partial charge in [-0.15, -0.1) is 0 Å². The first-order valence-corrected chi connectivity index (χ1v) is 8.27. The fourth-order valence-corrected chi connectivity index (χ4v) is 3.31. The van der Waals surface area contributed by atoms with Crippen LogP contribution in [-0.4, -0.2) is 29.5 Å². The second-order valence-electron chi connectivity index (χ2n) is 5.95. The second-order valence-corrected chi connectivity index (χ2v) is 6.36. The maximum absolute atomic E-state index is 11.8. The second kappa shape index (κ2) is 7.20. The lowest BCUT2D eigenvalue weighted by Crippen LogP contribution is -2.31. The van der Waals surface area contributed by atoms with Crippen LogP contribution >= 0.6 is 11.6 Å². The Balaban J connectivity index is 2.03. The molecule has 27 heavy (non-hydrogen) atoms. The van der Waals surface area contributed by atoms with Crippen molar-refractivity contribution in [2.45, 2.75) is 13.0 Å². The highest BCUT2D eigenvalue weighted by Crippen LogP contribution is 2.37. The maximum Gasteiger partial charge on any atom is 0.339 e. The zero-order valence-corrected chi connectivity index (χ0v) is 14.9. The van der Waals surface area contributed by atoms with Crippen LogP contribution in [-0.2, 0) is 17.7 Å². The predicted molar refractivity (Wildman–Crippen MR) is 97.3 cm³/mol. The molecule has 1 heterocycles. The van der Waals surface area contributed by atoms with Gasteiger partial charge in [0.2, 0.25) is 0 Å². The van der Waals surface area contributed by atoms with E-state index in [1.54, 1.807) is 11.0 Å². The monoisotopic (exact) mass is 391 g/mol. The summed E-state index contributed by atoms with van der Waals surface area (Å²) in [4.78, 5) is 34.9. The topological polar surface area (TPSA) is 116 Å². The third kappa shape index (κ3) is 3.54. The zero-order chi connectivity index (χ0) is 19.7. The number of rotatable bonds is 4. The zero-order valence-electron chi connectivity index (χ0n) is 14.2. The van der Waals surface area contributed by atoms with Crippen molar-refractivity contribution >= 4 is 34.6 Å². The lowest BCUT2D eigenvalue weighted by atomic mass is 9.98. The van der Waals surface area contributed by atoms with E-state index in [1.165, 1.54) is 18.2 Å². The molecule has 0 N–H and O–H groups in total. The van der Waals surface area contributed by atoms with E-state index in [1.807, 2.05) is 0 Å². The number of esters is 1. The summed E-state index contributed by atoms with van der Waals surface area (Å²) in [5.41, 5.74) is 1.50. The van der Waals surface area contributed by atoms with Gasteiger partial charge in [-0.2, -0.15) is 0 Å². The Labute approximate surface area is 158 Å². The van der Waals surface area contributed by atoms with Crippen LogP contribution in [0.2, 0.25) is 5.02 Å². The molecule has 9 nitrogen and oxygen atoms in total. The van der Waals surface area contributed by atoms with Crippen LogP contribution < -0.4 is 4.90 Å². The van der Waals surface area contributed by atoms with Gasteiger partial charge >= 0.3 is 5.97 Å². The highest BCUT2D eigenvalue weighted by atomic mass is 35.5. The predicted octanol–water partition coefficient (Wildman–Crippen LogP) is 3.51. The number of methoxy groups -OCH3 is 1. The first-order valence-electron chi connectivity index (χ1n) is 7.89. The van der Waals surface area contributed by atoms with E-state index in [2.05, 4.69) is 4.74 Å². The molecule has 10 heteroatoms. The van der Waals surface area contributed by atoms with Crippen LogP contribution in [0.25, 0.3) is 0 Å². The third-order valence-corrected chi connectivity index (χ3v) is 4.73. The smallest absolute Gasteiger partial charge is 0.339 e. The summed E-state index contributed by atoms with van der Waals surface area (Å²) in [6.45, 7) is 0.727. The minimum Gasteiger partial charge on any atom is -0.465 e. The van der Waals surface area contributed by atoms with Crippen LogP contribution in [0.3, 0.4) is 0 Å². The highest BCUT2D eigenvalue weighted by Gasteiger charge is 2.28. The molecule has 0 radical (unpaired) electrons. The molecule has 0 saturated heterocycles. The lowest BCUT2D eigenvalue weighted by molar-refractivity contribution is -0.384. The van der Waals surface area contributed by atoms with Crippen LogP contribution in [0.4, 0.5) is 17.1 Å². The molecule has 2 aromatic rings. The van der Waals surface area contributed by atoms with Gasteiger partial charge in [-0.1, -0.05) is 17.7 Å². The number of carbonyl (C=O) groups excluding carboxylic acids is 1. The molecular formula is C17H14ClN3O6. The number of non-ortho nitro benzene ring substituents is 1. The fourth-order valence-electron chi connectivity index (χ4n) is 3.08. The molecule has 3 rings (SSSR count). The molecule has 0 unspecified atom stereocenters. The van der Waals surface area contributed by atoms with E-state index in [4.69, 9.17) is 11.6 Å². The van der Waals surface area contributed by atoms with E-state index in [0.29, 0.717) is 13.0 Å². The van der Waals surface area contributed by atoms with Crippen molar-refractivity contribution in [3.63, 3.8) is 0 Å². The summed E-state index contributed by atoms with van der Waals surface area (Å²) in [5.74, 6) is -0.769. The number of ether oxygens (including phenoxy) is 1. The Morgan fingerprint density at radius 3 is 2.52 bits per heavy atom. The van der Waals surface area contributed by atoms with Gasteiger partial charge in [0.25, 0.3) is 11.4 Å². The number of nitro groups is 2. The summed E-state index contributed by atoms with van der Waals surface area (Å²) in [6, 6.07) is 7.06. The molecule has 0 atom stereocenters. The number of halogens is 1. The number of hydrogen-bond acceptors (Lipinski definition) is 7. The Hall–Kier alpha value is -3.20. The number of nitro benzene ring substituents is 2. The first kappa shape index (κ1) is 18.6. The van der Waals surface area contributed by atoms with Crippen LogP contribution in [0.15, 0.2) is 30.3 Å². The molecule has 0 amide bonds. The van der Waals surface area contributed by atoms with Crippen molar-refractivity contribution < 1.29 is 19.4 Å². The van der Waals surface area contributed by atoms with E-state index >= 15 is 0 Å². The molecule has 2 aromatic carbocycles. The van der Waals surface area contributed by atoms with Gasteiger partial charge in [0.05, 0.1) is 27.5 Å². The van der Waals surface area contributed by atoms with Gasteiger partial charge in [0.15, 0.2) is 0 Å². The summed E-state index contributed by atoms with van der Waals surface area (Å²) in [7, 11) is 1.16. The number of carbonyl (C=O) groups is 1. The molecule has 0 bridgehead atoms. The number of hydrogen-bond donors (Lipinski definition) is 0. The molecule has 0 saturated carbocycles. The first-order chi connectivity index (χ1) is 12.8. The molecule has 0 fully saturated rings. The SMILES string of the molecule is COC(=O)c1cc([N+](=O)[O-])c(N2CCc3ccc([N+](=O)[O-])cc3C2)cc1Cl. The van der Waals surface area contributed by atoms with E-state index in [0.717, 1.165) is 24.3 Å². The number of benzene rings is 2. The lowest BCUT2D eigenvalue weighted by Gasteiger charge is -2.30. The molecule has 0 aliphatic carbocycles. The number of fused-ring (bicyclic) bond motifs is 1. The Morgan fingerprint density at radius 1 is 1.15 bits per heavy atom. The summed E-state index contributed by atoms with van der Waals surface area (Å²) in [6.07, 6.45) is 0.570. The van der Waals surface area contributed by atoms with Gasteiger partial charge < -0.3 is 9.64 Å². The quantitative estimate of drug-likeness (QED) is 0.444. The van der Waals surface area contributed by atoms with Crippen LogP contribution in [0.1, 0.15) is 21.5 Å². The van der Waals surface area contributed by atoms with E-state index in [-0.39, 0.29) is 34.2 Å². The Kier molecular flexibility index (Phi) is 4.95. The Morgan fingerprint density at radius 2 is 1.89 bits per heavy atom. The Bertz CT molecular complexity index is 962. The van der Waals surface area contributed by atoms with E-state index < -0.39 is 15.8 Å². The van der Waals surface area contributed by atoms with Crippen molar-refractivity contribution in [3.8, 4) is 0 Å². The molecule has 0 aromatic heterocycles. The molecular weight excluding hydrogens is 378 g/mol. The summed E-state index contributed by atoms with van der Waals surface area (Å²) in [5, 5.41) is 22.6.